The Morgan fingerprint density at radius 2 is 2.33 bits per heavy atom. The second kappa shape index (κ2) is 4.58. The second-order valence-electron chi connectivity index (χ2n) is 5.44. The zero-order valence-electron chi connectivity index (χ0n) is 10.4. The quantitative estimate of drug-likeness (QED) is 0.833. The van der Waals surface area contributed by atoms with Gasteiger partial charge in [-0.1, -0.05) is 0 Å². The molecule has 1 spiro atoms. The van der Waals surface area contributed by atoms with E-state index >= 15 is 0 Å². The van der Waals surface area contributed by atoms with Crippen molar-refractivity contribution in [3.63, 3.8) is 0 Å². The Morgan fingerprint density at radius 1 is 1.44 bits per heavy atom. The van der Waals surface area contributed by atoms with Crippen molar-refractivity contribution >= 4 is 5.69 Å². The van der Waals surface area contributed by atoms with Crippen LogP contribution in [-0.2, 0) is 0 Å². The number of nitrogens with zero attached hydrogens (tertiary/aromatic N) is 2. The molecule has 1 unspecified atom stereocenters. The highest BCUT2D eigenvalue weighted by molar-refractivity contribution is 5.43. The topological polar surface area (TPSA) is 60.7 Å². The van der Waals surface area contributed by atoms with Gasteiger partial charge < -0.3 is 10.6 Å². The van der Waals surface area contributed by atoms with E-state index in [0.29, 0.717) is 17.3 Å². The lowest BCUT2D eigenvalue weighted by Gasteiger charge is -2.48. The van der Waals surface area contributed by atoms with Gasteiger partial charge >= 0.3 is 0 Å². The summed E-state index contributed by atoms with van der Waals surface area (Å²) in [6, 6.07) is 6.28. The van der Waals surface area contributed by atoms with Gasteiger partial charge in [-0.3, -0.25) is 0 Å². The minimum absolute atomic E-state index is 0.413. The maximum absolute atomic E-state index is 8.72. The molecule has 0 radical (unpaired) electrons. The van der Waals surface area contributed by atoms with Crippen LogP contribution in [0.3, 0.4) is 0 Å². The average Bonchev–Trinajstić information content (AvgIpc) is 2.38. The van der Waals surface area contributed by atoms with E-state index < -0.39 is 0 Å². The monoisotopic (exact) mass is 242 g/mol. The lowest BCUT2D eigenvalue weighted by atomic mass is 9.70. The first-order chi connectivity index (χ1) is 8.80. The Balaban J connectivity index is 1.63. The molecule has 1 aromatic rings. The van der Waals surface area contributed by atoms with Crippen molar-refractivity contribution in [2.24, 2.45) is 0 Å². The standard InChI is InChI=1S/C14H18N4/c15-9-12-2-3-13(10-16-12)18-11-4-7-17-14(8-11)5-1-6-14/h2-3,10-11,17-18H,1,4-8H2. The van der Waals surface area contributed by atoms with E-state index in [4.69, 9.17) is 5.26 Å². The van der Waals surface area contributed by atoms with E-state index in [0.717, 1.165) is 18.7 Å². The molecular formula is C14H18N4. The summed E-state index contributed by atoms with van der Waals surface area (Å²) in [5.74, 6) is 0. The van der Waals surface area contributed by atoms with Gasteiger partial charge in [-0.15, -0.1) is 0 Å². The van der Waals surface area contributed by atoms with Crippen LogP contribution in [-0.4, -0.2) is 23.1 Å². The molecule has 1 aromatic heterocycles. The predicted octanol–water partition coefficient (Wildman–Crippen LogP) is 2.04. The number of hydrogen-bond donors (Lipinski definition) is 2. The third-order valence-corrected chi connectivity index (χ3v) is 4.19. The van der Waals surface area contributed by atoms with E-state index in [1.165, 1.54) is 25.7 Å². The first kappa shape index (κ1) is 11.5. The molecule has 4 nitrogen and oxygen atoms in total. The predicted molar refractivity (Wildman–Crippen MR) is 70.2 cm³/mol. The SMILES string of the molecule is N#Cc1ccc(NC2CCNC3(CCC3)C2)cn1. The number of piperidine rings is 1. The zero-order valence-corrected chi connectivity index (χ0v) is 10.4. The van der Waals surface area contributed by atoms with Crippen molar-refractivity contribution in [3.05, 3.63) is 24.0 Å². The third kappa shape index (κ3) is 2.19. The number of aromatic nitrogens is 1. The van der Waals surface area contributed by atoms with Crippen LogP contribution < -0.4 is 10.6 Å². The largest absolute Gasteiger partial charge is 0.381 e. The molecule has 3 rings (SSSR count). The number of pyridine rings is 1. The Kier molecular flexibility index (Phi) is 2.92. The molecule has 1 saturated heterocycles. The van der Waals surface area contributed by atoms with Crippen LogP contribution in [0.4, 0.5) is 5.69 Å². The Labute approximate surface area is 107 Å². The summed E-state index contributed by atoms with van der Waals surface area (Å²) >= 11 is 0. The maximum atomic E-state index is 8.72. The molecule has 2 fully saturated rings. The highest BCUT2D eigenvalue weighted by Gasteiger charge is 2.40. The van der Waals surface area contributed by atoms with Gasteiger partial charge in [0.2, 0.25) is 0 Å². The lowest BCUT2D eigenvalue weighted by molar-refractivity contribution is 0.135. The fourth-order valence-electron chi connectivity index (χ4n) is 3.05. The summed E-state index contributed by atoms with van der Waals surface area (Å²) < 4.78 is 0. The van der Waals surface area contributed by atoms with Crippen molar-refractivity contribution in [2.75, 3.05) is 11.9 Å². The highest BCUT2D eigenvalue weighted by atomic mass is 15.1. The molecule has 1 aliphatic heterocycles. The molecule has 1 atom stereocenters. The van der Waals surface area contributed by atoms with Crippen LogP contribution in [0.15, 0.2) is 18.3 Å². The van der Waals surface area contributed by atoms with Crippen LogP contribution in [0.2, 0.25) is 0 Å². The van der Waals surface area contributed by atoms with Crippen LogP contribution >= 0.6 is 0 Å². The molecule has 2 heterocycles. The van der Waals surface area contributed by atoms with Gasteiger partial charge in [0.15, 0.2) is 0 Å². The van der Waals surface area contributed by atoms with E-state index in [1.54, 1.807) is 12.3 Å². The van der Waals surface area contributed by atoms with Crippen LogP contribution in [0, 0.1) is 11.3 Å². The van der Waals surface area contributed by atoms with Gasteiger partial charge in [-0.25, -0.2) is 4.98 Å². The second-order valence-corrected chi connectivity index (χ2v) is 5.44. The minimum Gasteiger partial charge on any atom is -0.381 e. The smallest absolute Gasteiger partial charge is 0.140 e. The molecule has 1 aliphatic carbocycles. The zero-order chi connectivity index (χ0) is 12.4. The summed E-state index contributed by atoms with van der Waals surface area (Å²) in [7, 11) is 0. The Morgan fingerprint density at radius 3 is 2.94 bits per heavy atom. The first-order valence-corrected chi connectivity index (χ1v) is 6.67. The number of anilines is 1. The van der Waals surface area contributed by atoms with E-state index in [9.17, 15) is 0 Å². The van der Waals surface area contributed by atoms with Crippen molar-refractivity contribution in [2.45, 2.75) is 43.7 Å². The highest BCUT2D eigenvalue weighted by Crippen LogP contribution is 2.38. The molecule has 4 heteroatoms. The molecular weight excluding hydrogens is 224 g/mol. The fourth-order valence-corrected chi connectivity index (χ4v) is 3.05. The summed E-state index contributed by atoms with van der Waals surface area (Å²) in [5.41, 5.74) is 1.91. The molecule has 18 heavy (non-hydrogen) atoms. The molecule has 0 aromatic carbocycles. The van der Waals surface area contributed by atoms with Gasteiger partial charge in [0.25, 0.3) is 0 Å². The molecule has 0 bridgehead atoms. The third-order valence-electron chi connectivity index (χ3n) is 4.19. The Hall–Kier alpha value is -1.60. The number of nitrogens with one attached hydrogen (secondary N) is 2. The lowest BCUT2D eigenvalue weighted by Crippen LogP contribution is -2.58. The van der Waals surface area contributed by atoms with Gasteiger partial charge in [0.05, 0.1) is 11.9 Å². The average molecular weight is 242 g/mol. The molecule has 2 aliphatic rings. The van der Waals surface area contributed by atoms with E-state index in [2.05, 4.69) is 15.6 Å². The van der Waals surface area contributed by atoms with Gasteiger partial charge in [-0.2, -0.15) is 5.26 Å². The molecule has 0 amide bonds. The van der Waals surface area contributed by atoms with Crippen LogP contribution in [0.25, 0.3) is 0 Å². The van der Waals surface area contributed by atoms with Gasteiger partial charge in [0.1, 0.15) is 11.8 Å². The van der Waals surface area contributed by atoms with Gasteiger partial charge in [-0.05, 0) is 50.8 Å². The summed E-state index contributed by atoms with van der Waals surface area (Å²) in [4.78, 5) is 4.09. The molecule has 94 valence electrons. The van der Waals surface area contributed by atoms with Crippen molar-refractivity contribution in [1.82, 2.24) is 10.3 Å². The van der Waals surface area contributed by atoms with Crippen molar-refractivity contribution < 1.29 is 0 Å². The van der Waals surface area contributed by atoms with Crippen LogP contribution in [0.5, 0.6) is 0 Å². The van der Waals surface area contributed by atoms with Crippen molar-refractivity contribution in [1.29, 1.82) is 5.26 Å². The number of rotatable bonds is 2. The first-order valence-electron chi connectivity index (χ1n) is 6.67. The fraction of sp³-hybridized carbons (Fsp3) is 0.571. The maximum Gasteiger partial charge on any atom is 0.140 e. The van der Waals surface area contributed by atoms with Gasteiger partial charge in [0, 0.05) is 11.6 Å². The number of nitriles is 1. The Bertz CT molecular complexity index is 456. The summed E-state index contributed by atoms with van der Waals surface area (Å²) in [6.07, 6.45) is 8.11. The van der Waals surface area contributed by atoms with Crippen LogP contribution in [0.1, 0.15) is 37.8 Å². The molecule has 2 N–H and O–H groups in total. The minimum atomic E-state index is 0.413. The molecule has 1 saturated carbocycles. The number of hydrogen-bond acceptors (Lipinski definition) is 4. The normalized spacial score (nSPS) is 25.2. The van der Waals surface area contributed by atoms with Crippen molar-refractivity contribution in [3.8, 4) is 6.07 Å². The van der Waals surface area contributed by atoms with E-state index in [-0.39, 0.29) is 0 Å². The van der Waals surface area contributed by atoms with E-state index in [1.807, 2.05) is 12.1 Å². The summed E-state index contributed by atoms with van der Waals surface area (Å²) in [5, 5.41) is 15.9. The summed E-state index contributed by atoms with van der Waals surface area (Å²) in [6.45, 7) is 1.10.